The van der Waals surface area contributed by atoms with Gasteiger partial charge in [-0.25, -0.2) is 0 Å². The number of carbonyl (C=O) groups excluding carboxylic acids is 2. The van der Waals surface area contributed by atoms with Gasteiger partial charge in [-0.2, -0.15) is 0 Å². The molecular formula is C19H22N2O2. The highest BCUT2D eigenvalue weighted by Crippen LogP contribution is 2.05. The molecule has 0 fully saturated rings. The Morgan fingerprint density at radius 3 is 1.96 bits per heavy atom. The summed E-state index contributed by atoms with van der Waals surface area (Å²) in [5.41, 5.74) is 4.32. The first-order valence-corrected chi connectivity index (χ1v) is 7.78. The minimum Gasteiger partial charge on any atom is -0.344 e. The number of nitrogens with one attached hydrogen (secondary N) is 2. The number of aryl methyl sites for hydroxylation is 2. The lowest BCUT2D eigenvalue weighted by Gasteiger charge is -2.08. The zero-order valence-corrected chi connectivity index (χ0v) is 13.6. The summed E-state index contributed by atoms with van der Waals surface area (Å²) >= 11 is 0. The molecule has 0 bridgehead atoms. The van der Waals surface area contributed by atoms with Crippen LogP contribution in [0.1, 0.15) is 29.2 Å². The number of hydrogen-bond acceptors (Lipinski definition) is 2. The van der Waals surface area contributed by atoms with E-state index in [4.69, 9.17) is 0 Å². The van der Waals surface area contributed by atoms with Gasteiger partial charge in [-0.15, -0.1) is 0 Å². The van der Waals surface area contributed by atoms with Crippen LogP contribution >= 0.6 is 0 Å². The van der Waals surface area contributed by atoms with Gasteiger partial charge in [0, 0.05) is 13.1 Å². The molecule has 0 radical (unpaired) electrons. The first-order chi connectivity index (χ1) is 11.1. The van der Waals surface area contributed by atoms with Crippen LogP contribution in [0.4, 0.5) is 0 Å². The van der Waals surface area contributed by atoms with Crippen LogP contribution in [-0.2, 0) is 29.1 Å². The van der Waals surface area contributed by atoms with Crippen LogP contribution in [-0.4, -0.2) is 11.8 Å². The Balaban J connectivity index is 1.79. The molecule has 2 aromatic carbocycles. The molecule has 0 aliphatic heterocycles. The van der Waals surface area contributed by atoms with E-state index in [1.807, 2.05) is 55.5 Å². The van der Waals surface area contributed by atoms with Crippen molar-refractivity contribution in [3.63, 3.8) is 0 Å². The zero-order chi connectivity index (χ0) is 16.7. The Morgan fingerprint density at radius 2 is 1.39 bits per heavy atom. The number of amides is 2. The minimum absolute atomic E-state index is 0.346. The van der Waals surface area contributed by atoms with E-state index in [-0.39, 0.29) is 0 Å². The van der Waals surface area contributed by atoms with Crippen LogP contribution in [0.5, 0.6) is 0 Å². The fourth-order valence-corrected chi connectivity index (χ4v) is 2.24. The number of hydrogen-bond donors (Lipinski definition) is 2. The van der Waals surface area contributed by atoms with Gasteiger partial charge in [0.2, 0.25) is 0 Å². The average Bonchev–Trinajstić information content (AvgIpc) is 2.58. The van der Waals surface area contributed by atoms with Crippen LogP contribution in [0.25, 0.3) is 0 Å². The summed E-state index contributed by atoms with van der Waals surface area (Å²) < 4.78 is 0. The molecular weight excluding hydrogens is 288 g/mol. The predicted molar refractivity (Wildman–Crippen MR) is 90.7 cm³/mol. The molecule has 0 spiro atoms. The third kappa shape index (κ3) is 5.25. The lowest BCUT2D eigenvalue weighted by molar-refractivity contribution is -0.139. The van der Waals surface area contributed by atoms with Crippen LogP contribution < -0.4 is 10.6 Å². The molecule has 0 saturated carbocycles. The Labute approximate surface area is 136 Å². The van der Waals surface area contributed by atoms with Gasteiger partial charge in [-0.1, -0.05) is 61.0 Å². The maximum atomic E-state index is 11.8. The largest absolute Gasteiger partial charge is 0.344 e. The molecule has 0 unspecified atom stereocenters. The maximum Gasteiger partial charge on any atom is 0.309 e. The molecule has 2 aromatic rings. The number of carbonyl (C=O) groups is 2. The Hall–Kier alpha value is -2.62. The number of rotatable bonds is 5. The first-order valence-electron chi connectivity index (χ1n) is 7.78. The summed E-state index contributed by atoms with van der Waals surface area (Å²) in [6.45, 7) is 4.77. The van der Waals surface area contributed by atoms with Crippen LogP contribution in [0.2, 0.25) is 0 Å². The molecule has 0 aromatic heterocycles. The molecule has 2 rings (SSSR count). The Morgan fingerprint density at radius 1 is 0.826 bits per heavy atom. The van der Waals surface area contributed by atoms with Crippen LogP contribution in [0.3, 0.4) is 0 Å². The van der Waals surface area contributed by atoms with Gasteiger partial charge in [0.15, 0.2) is 0 Å². The molecule has 0 aliphatic carbocycles. The molecule has 0 aliphatic rings. The van der Waals surface area contributed by atoms with Gasteiger partial charge in [0.1, 0.15) is 0 Å². The van der Waals surface area contributed by atoms with Crippen molar-refractivity contribution in [2.45, 2.75) is 33.4 Å². The summed E-state index contributed by atoms with van der Waals surface area (Å²) in [6, 6.07) is 15.8. The van der Waals surface area contributed by atoms with Gasteiger partial charge < -0.3 is 10.6 Å². The lowest BCUT2D eigenvalue weighted by Crippen LogP contribution is -2.39. The van der Waals surface area contributed by atoms with Gasteiger partial charge in [-0.05, 0) is 30.0 Å². The van der Waals surface area contributed by atoms with Crippen molar-refractivity contribution < 1.29 is 9.59 Å². The lowest BCUT2D eigenvalue weighted by atomic mass is 10.1. The Kier molecular flexibility index (Phi) is 5.92. The molecule has 23 heavy (non-hydrogen) atoms. The topological polar surface area (TPSA) is 58.2 Å². The molecule has 4 nitrogen and oxygen atoms in total. The zero-order valence-electron chi connectivity index (χ0n) is 13.6. The normalized spacial score (nSPS) is 10.2. The fraction of sp³-hybridized carbons (Fsp3) is 0.263. The first kappa shape index (κ1) is 16.7. The molecule has 0 saturated heterocycles. The minimum atomic E-state index is -0.614. The highest BCUT2D eigenvalue weighted by atomic mass is 16.2. The van der Waals surface area contributed by atoms with Gasteiger partial charge >= 0.3 is 11.8 Å². The smallest absolute Gasteiger partial charge is 0.309 e. The monoisotopic (exact) mass is 310 g/mol. The quantitative estimate of drug-likeness (QED) is 0.834. The van der Waals surface area contributed by atoms with Crippen molar-refractivity contribution in [1.82, 2.24) is 10.6 Å². The molecule has 2 N–H and O–H groups in total. The molecule has 2 amide bonds. The fourth-order valence-electron chi connectivity index (χ4n) is 2.24. The molecule has 0 atom stereocenters. The summed E-state index contributed by atoms with van der Waals surface area (Å²) in [6.07, 6.45) is 0.980. The van der Waals surface area contributed by atoms with E-state index < -0.39 is 11.8 Å². The maximum absolute atomic E-state index is 11.8. The van der Waals surface area contributed by atoms with Crippen LogP contribution in [0, 0.1) is 6.92 Å². The molecule has 120 valence electrons. The van der Waals surface area contributed by atoms with Crippen molar-refractivity contribution in [2.75, 3.05) is 0 Å². The van der Waals surface area contributed by atoms with E-state index in [2.05, 4.69) is 17.6 Å². The summed E-state index contributed by atoms with van der Waals surface area (Å²) in [4.78, 5) is 23.6. The van der Waals surface area contributed by atoms with E-state index in [9.17, 15) is 9.59 Å². The van der Waals surface area contributed by atoms with E-state index in [1.165, 1.54) is 5.56 Å². The SMILES string of the molecule is CCc1ccc(CNC(=O)C(=O)NCc2cccc(C)c2)cc1. The third-order valence-electron chi connectivity index (χ3n) is 3.63. The van der Waals surface area contributed by atoms with E-state index >= 15 is 0 Å². The van der Waals surface area contributed by atoms with E-state index in [0.29, 0.717) is 13.1 Å². The van der Waals surface area contributed by atoms with Crippen molar-refractivity contribution in [2.24, 2.45) is 0 Å². The van der Waals surface area contributed by atoms with E-state index in [1.54, 1.807) is 0 Å². The van der Waals surface area contributed by atoms with Crippen molar-refractivity contribution in [1.29, 1.82) is 0 Å². The second kappa shape index (κ2) is 8.13. The summed E-state index contributed by atoms with van der Waals surface area (Å²) in [5, 5.41) is 5.26. The van der Waals surface area contributed by atoms with Gasteiger partial charge in [0.25, 0.3) is 0 Å². The average molecular weight is 310 g/mol. The van der Waals surface area contributed by atoms with Gasteiger partial charge in [-0.3, -0.25) is 9.59 Å². The summed E-state index contributed by atoms with van der Waals surface area (Å²) in [7, 11) is 0. The van der Waals surface area contributed by atoms with Crippen molar-refractivity contribution >= 4 is 11.8 Å². The summed E-state index contributed by atoms with van der Waals surface area (Å²) in [5.74, 6) is -1.23. The van der Waals surface area contributed by atoms with Crippen LogP contribution in [0.15, 0.2) is 48.5 Å². The third-order valence-corrected chi connectivity index (χ3v) is 3.63. The van der Waals surface area contributed by atoms with Crippen molar-refractivity contribution in [3.8, 4) is 0 Å². The van der Waals surface area contributed by atoms with Gasteiger partial charge in [0.05, 0.1) is 0 Å². The Bertz CT molecular complexity index is 678. The van der Waals surface area contributed by atoms with E-state index in [0.717, 1.165) is 23.1 Å². The molecule has 0 heterocycles. The number of benzene rings is 2. The van der Waals surface area contributed by atoms with Crippen molar-refractivity contribution in [3.05, 3.63) is 70.8 Å². The standard InChI is InChI=1S/C19H22N2O2/c1-3-15-7-9-16(10-8-15)12-20-18(22)19(23)21-13-17-6-4-5-14(2)11-17/h4-11H,3,12-13H2,1-2H3,(H,20,22)(H,21,23). The predicted octanol–water partition coefficient (Wildman–Crippen LogP) is 2.49. The second-order valence-corrected chi connectivity index (χ2v) is 5.52. The highest BCUT2D eigenvalue weighted by Gasteiger charge is 2.12. The second-order valence-electron chi connectivity index (χ2n) is 5.52. The molecule has 4 heteroatoms. The highest BCUT2D eigenvalue weighted by molar-refractivity contribution is 6.35.